The summed E-state index contributed by atoms with van der Waals surface area (Å²) in [5.41, 5.74) is 0. The molecule has 0 saturated carbocycles. The molecule has 0 spiro atoms. The van der Waals surface area contributed by atoms with E-state index >= 15 is 0 Å². The molecule has 3 heterocycles. The van der Waals surface area contributed by atoms with Crippen LogP contribution in [-0.4, -0.2) is 62.6 Å². The third kappa shape index (κ3) is 3.29. The van der Waals surface area contributed by atoms with Crippen molar-refractivity contribution in [2.45, 2.75) is 43.5 Å². The number of thioether (sulfide) groups is 1. The molecule has 0 aliphatic carbocycles. The summed E-state index contributed by atoms with van der Waals surface area (Å²) in [5, 5.41) is 12.4. The number of carbonyl (C=O) groups is 1. The van der Waals surface area contributed by atoms with Crippen LogP contribution in [0.15, 0.2) is 5.16 Å². The summed E-state index contributed by atoms with van der Waals surface area (Å²) in [6.45, 7) is 3.27. The highest BCUT2D eigenvalue weighted by atomic mass is 32.2. The van der Waals surface area contributed by atoms with E-state index in [0.717, 1.165) is 45.4 Å². The number of hydrogen-bond acceptors (Lipinski definition) is 6. The molecule has 2 aliphatic rings. The van der Waals surface area contributed by atoms with Gasteiger partial charge in [0.25, 0.3) is 0 Å². The number of ether oxygens (including phenoxy) is 1. The molecule has 1 atom stereocenters. The van der Waals surface area contributed by atoms with E-state index in [-0.39, 0.29) is 12.0 Å². The molecule has 1 aromatic rings. The molecule has 2 saturated heterocycles. The first-order valence-corrected chi connectivity index (χ1v) is 8.10. The quantitative estimate of drug-likeness (QED) is 0.740. The summed E-state index contributed by atoms with van der Waals surface area (Å²) in [6, 6.07) is 0. The summed E-state index contributed by atoms with van der Waals surface area (Å²) in [4.78, 5) is 13.9. The monoisotopic (exact) mass is 297 g/mol. The zero-order chi connectivity index (χ0) is 13.8. The molecule has 3 rings (SSSR count). The fourth-order valence-electron chi connectivity index (χ4n) is 2.58. The minimum atomic E-state index is 0.180. The molecule has 1 aromatic heterocycles. The van der Waals surface area contributed by atoms with Gasteiger partial charge in [0, 0.05) is 19.7 Å². The molecule has 2 fully saturated rings. The van der Waals surface area contributed by atoms with Gasteiger partial charge in [-0.2, -0.15) is 0 Å². The van der Waals surface area contributed by atoms with Gasteiger partial charge in [0.05, 0.1) is 18.4 Å². The molecule has 0 aromatic carbocycles. The van der Waals surface area contributed by atoms with Crippen molar-refractivity contribution in [2.75, 3.05) is 25.4 Å². The maximum Gasteiger partial charge on any atom is 0.233 e. The van der Waals surface area contributed by atoms with Crippen molar-refractivity contribution in [3.63, 3.8) is 0 Å². The van der Waals surface area contributed by atoms with Crippen LogP contribution in [0.3, 0.4) is 0 Å². The number of aromatic nitrogens is 4. The van der Waals surface area contributed by atoms with E-state index in [1.165, 1.54) is 11.8 Å². The van der Waals surface area contributed by atoms with E-state index < -0.39 is 0 Å². The molecule has 0 bridgehead atoms. The Morgan fingerprint density at radius 3 is 2.95 bits per heavy atom. The number of rotatable bonds is 5. The van der Waals surface area contributed by atoms with Crippen molar-refractivity contribution in [3.05, 3.63) is 0 Å². The Morgan fingerprint density at radius 1 is 1.35 bits per heavy atom. The van der Waals surface area contributed by atoms with E-state index in [1.54, 1.807) is 4.68 Å². The topological polar surface area (TPSA) is 73.1 Å². The van der Waals surface area contributed by atoms with Gasteiger partial charge in [0.15, 0.2) is 0 Å². The lowest BCUT2D eigenvalue weighted by atomic mass is 10.2. The Kier molecular flexibility index (Phi) is 4.51. The van der Waals surface area contributed by atoms with E-state index in [1.807, 2.05) is 4.90 Å². The van der Waals surface area contributed by atoms with E-state index in [9.17, 15) is 4.79 Å². The second-order valence-electron chi connectivity index (χ2n) is 5.16. The number of likely N-dealkylation sites (tertiary alicyclic amines) is 1. The fraction of sp³-hybridized carbons (Fsp3) is 0.833. The lowest BCUT2D eigenvalue weighted by molar-refractivity contribution is -0.127. The first-order chi connectivity index (χ1) is 9.83. The Balaban J connectivity index is 1.52. The Labute approximate surface area is 122 Å². The highest BCUT2D eigenvalue weighted by Crippen LogP contribution is 2.19. The van der Waals surface area contributed by atoms with Gasteiger partial charge in [-0.05, 0) is 36.1 Å². The SMILES string of the molecule is O=C(CSc1nnnn1CC1CCCO1)N1CCCC1. The average molecular weight is 297 g/mol. The Hall–Kier alpha value is -1.15. The molecular formula is C12H19N5O2S. The highest BCUT2D eigenvalue weighted by molar-refractivity contribution is 7.99. The van der Waals surface area contributed by atoms with Crippen molar-refractivity contribution >= 4 is 17.7 Å². The largest absolute Gasteiger partial charge is 0.376 e. The van der Waals surface area contributed by atoms with Crippen molar-refractivity contribution in [1.82, 2.24) is 25.1 Å². The average Bonchev–Trinajstić information content (AvgIpc) is 3.20. The molecule has 20 heavy (non-hydrogen) atoms. The van der Waals surface area contributed by atoms with Crippen LogP contribution in [0.4, 0.5) is 0 Å². The summed E-state index contributed by atoms with van der Waals surface area (Å²) in [5.74, 6) is 0.588. The second kappa shape index (κ2) is 6.53. The number of hydrogen-bond donors (Lipinski definition) is 0. The number of amides is 1. The maximum atomic E-state index is 12.0. The number of nitrogens with zero attached hydrogens (tertiary/aromatic N) is 5. The first-order valence-electron chi connectivity index (χ1n) is 7.11. The fourth-order valence-corrected chi connectivity index (χ4v) is 3.37. The van der Waals surface area contributed by atoms with E-state index in [4.69, 9.17) is 4.74 Å². The molecule has 110 valence electrons. The minimum Gasteiger partial charge on any atom is -0.376 e. The van der Waals surface area contributed by atoms with Crippen LogP contribution in [0.5, 0.6) is 0 Å². The van der Waals surface area contributed by atoms with Gasteiger partial charge in [-0.25, -0.2) is 4.68 Å². The van der Waals surface area contributed by atoms with Crippen LogP contribution in [0.2, 0.25) is 0 Å². The van der Waals surface area contributed by atoms with E-state index in [0.29, 0.717) is 17.5 Å². The summed E-state index contributed by atoms with van der Waals surface area (Å²) < 4.78 is 7.34. The zero-order valence-electron chi connectivity index (χ0n) is 11.4. The van der Waals surface area contributed by atoms with Crippen LogP contribution in [0.25, 0.3) is 0 Å². The highest BCUT2D eigenvalue weighted by Gasteiger charge is 2.21. The predicted molar refractivity (Wildman–Crippen MR) is 73.3 cm³/mol. The minimum absolute atomic E-state index is 0.180. The molecule has 2 aliphatic heterocycles. The van der Waals surface area contributed by atoms with Crippen molar-refractivity contribution in [3.8, 4) is 0 Å². The van der Waals surface area contributed by atoms with Gasteiger partial charge in [-0.15, -0.1) is 5.10 Å². The van der Waals surface area contributed by atoms with Crippen LogP contribution >= 0.6 is 11.8 Å². The van der Waals surface area contributed by atoms with Gasteiger partial charge in [-0.3, -0.25) is 4.79 Å². The Bertz CT molecular complexity index is 454. The van der Waals surface area contributed by atoms with E-state index in [2.05, 4.69) is 15.5 Å². The summed E-state index contributed by atoms with van der Waals surface area (Å²) >= 11 is 1.41. The van der Waals surface area contributed by atoms with Crippen LogP contribution < -0.4 is 0 Å². The van der Waals surface area contributed by atoms with Gasteiger partial charge in [0.2, 0.25) is 11.1 Å². The summed E-state index contributed by atoms with van der Waals surface area (Å²) in [7, 11) is 0. The third-order valence-electron chi connectivity index (χ3n) is 3.68. The van der Waals surface area contributed by atoms with Gasteiger partial charge < -0.3 is 9.64 Å². The van der Waals surface area contributed by atoms with Crippen LogP contribution in [0.1, 0.15) is 25.7 Å². The summed E-state index contributed by atoms with van der Waals surface area (Å²) in [6.07, 6.45) is 4.59. The number of carbonyl (C=O) groups excluding carboxylic acids is 1. The molecule has 1 amide bonds. The van der Waals surface area contributed by atoms with Gasteiger partial charge in [-0.1, -0.05) is 11.8 Å². The second-order valence-corrected chi connectivity index (χ2v) is 6.10. The van der Waals surface area contributed by atoms with Crippen molar-refractivity contribution in [2.24, 2.45) is 0 Å². The smallest absolute Gasteiger partial charge is 0.233 e. The molecule has 7 nitrogen and oxygen atoms in total. The molecule has 0 radical (unpaired) electrons. The lowest BCUT2D eigenvalue weighted by Crippen LogP contribution is -2.29. The molecule has 1 unspecified atom stereocenters. The van der Waals surface area contributed by atoms with Crippen molar-refractivity contribution < 1.29 is 9.53 Å². The van der Waals surface area contributed by atoms with Gasteiger partial charge >= 0.3 is 0 Å². The molecule has 0 N–H and O–H groups in total. The maximum absolute atomic E-state index is 12.0. The molecular weight excluding hydrogens is 278 g/mol. The van der Waals surface area contributed by atoms with Crippen LogP contribution in [0, 0.1) is 0 Å². The van der Waals surface area contributed by atoms with Crippen LogP contribution in [-0.2, 0) is 16.1 Å². The third-order valence-corrected chi connectivity index (χ3v) is 4.63. The first kappa shape index (κ1) is 13.8. The zero-order valence-corrected chi connectivity index (χ0v) is 12.2. The van der Waals surface area contributed by atoms with Crippen molar-refractivity contribution in [1.29, 1.82) is 0 Å². The lowest BCUT2D eigenvalue weighted by Gasteiger charge is -2.14. The number of tetrazole rings is 1. The molecule has 8 heteroatoms. The predicted octanol–water partition coefficient (Wildman–Crippen LogP) is 0.567. The van der Waals surface area contributed by atoms with Gasteiger partial charge in [0.1, 0.15) is 0 Å². The normalized spacial score (nSPS) is 22.6. The standard InChI is InChI=1S/C12H19N5O2S/c18-11(16-5-1-2-6-16)9-20-12-13-14-15-17(12)8-10-4-3-7-19-10/h10H,1-9H2. The Morgan fingerprint density at radius 2 is 2.20 bits per heavy atom.